The predicted molar refractivity (Wildman–Crippen MR) is 76.3 cm³/mol. The van der Waals surface area contributed by atoms with Gasteiger partial charge in [0.25, 0.3) is 5.95 Å². The van der Waals surface area contributed by atoms with Crippen LogP contribution in [0.25, 0.3) is 5.95 Å². The summed E-state index contributed by atoms with van der Waals surface area (Å²) in [5, 5.41) is 16.3. The minimum Gasteiger partial charge on any atom is -0.393 e. The van der Waals surface area contributed by atoms with Gasteiger partial charge in [0, 0.05) is 20.6 Å². The van der Waals surface area contributed by atoms with Gasteiger partial charge in [-0.25, -0.2) is 4.98 Å². The number of aromatic nitrogens is 6. The lowest BCUT2D eigenvalue weighted by Crippen LogP contribution is -2.37. The van der Waals surface area contributed by atoms with Crippen LogP contribution in [-0.2, 0) is 0 Å². The van der Waals surface area contributed by atoms with E-state index in [1.165, 1.54) is 11.0 Å². The fourth-order valence-electron chi connectivity index (χ4n) is 2.37. The molecule has 9 nitrogen and oxygen atoms in total. The number of hydrogen-bond acceptors (Lipinski definition) is 8. The normalized spacial score (nSPS) is 20.9. The molecule has 2 aromatic rings. The smallest absolute Gasteiger partial charge is 0.258 e. The second kappa shape index (κ2) is 5.60. The molecular weight excluding hydrogens is 272 g/mol. The molecule has 0 aromatic carbocycles. The third-order valence-corrected chi connectivity index (χ3v) is 3.54. The van der Waals surface area contributed by atoms with Crippen molar-refractivity contribution in [2.24, 2.45) is 5.92 Å². The number of hydrogen-bond donors (Lipinski definition) is 2. The van der Waals surface area contributed by atoms with E-state index in [1.54, 1.807) is 13.4 Å². The van der Waals surface area contributed by atoms with Crippen LogP contribution in [0.2, 0.25) is 0 Å². The summed E-state index contributed by atoms with van der Waals surface area (Å²) in [4.78, 5) is 18.9. The Balaban J connectivity index is 1.82. The van der Waals surface area contributed by atoms with Crippen LogP contribution in [0.1, 0.15) is 12.8 Å². The zero-order valence-corrected chi connectivity index (χ0v) is 12.0. The molecule has 0 amide bonds. The molecule has 2 aromatic heterocycles. The molecule has 2 heterocycles. The van der Waals surface area contributed by atoms with Crippen LogP contribution in [0.5, 0.6) is 0 Å². The lowest BCUT2D eigenvalue weighted by molar-refractivity contribution is 0.0463. The molecule has 0 bridgehead atoms. The van der Waals surface area contributed by atoms with Crippen molar-refractivity contribution < 1.29 is 5.11 Å². The lowest BCUT2D eigenvalue weighted by atomic mass is 9.82. The van der Waals surface area contributed by atoms with E-state index in [4.69, 9.17) is 0 Å². The van der Waals surface area contributed by atoms with Gasteiger partial charge in [-0.3, -0.25) is 0 Å². The highest BCUT2D eigenvalue weighted by Crippen LogP contribution is 2.28. The maximum atomic E-state index is 9.36. The molecular formula is C12H18N8O. The Morgan fingerprint density at radius 1 is 1.38 bits per heavy atom. The van der Waals surface area contributed by atoms with Crippen LogP contribution < -0.4 is 10.2 Å². The van der Waals surface area contributed by atoms with Gasteiger partial charge in [0.1, 0.15) is 12.7 Å². The SMILES string of the molecule is CNc1nc(N(C)CC2CC(O)C2)nc(-n2cncn2)n1. The fraction of sp³-hybridized carbons (Fsp3) is 0.583. The average molecular weight is 290 g/mol. The van der Waals surface area contributed by atoms with Crippen LogP contribution in [0.15, 0.2) is 12.7 Å². The molecule has 0 aliphatic heterocycles. The molecule has 0 atom stereocenters. The highest BCUT2D eigenvalue weighted by atomic mass is 16.3. The van der Waals surface area contributed by atoms with Crippen molar-refractivity contribution in [3.63, 3.8) is 0 Å². The van der Waals surface area contributed by atoms with Gasteiger partial charge in [0.05, 0.1) is 6.10 Å². The first-order valence-electron chi connectivity index (χ1n) is 6.83. The van der Waals surface area contributed by atoms with Gasteiger partial charge in [-0.1, -0.05) is 0 Å². The van der Waals surface area contributed by atoms with Crippen LogP contribution in [-0.4, -0.2) is 61.6 Å². The molecule has 9 heteroatoms. The summed E-state index contributed by atoms with van der Waals surface area (Å²) in [6.45, 7) is 0.807. The minimum absolute atomic E-state index is 0.152. The van der Waals surface area contributed by atoms with Gasteiger partial charge < -0.3 is 15.3 Å². The summed E-state index contributed by atoms with van der Waals surface area (Å²) in [6, 6.07) is 0. The molecule has 112 valence electrons. The van der Waals surface area contributed by atoms with E-state index in [9.17, 15) is 5.11 Å². The van der Waals surface area contributed by atoms with E-state index in [1.807, 2.05) is 11.9 Å². The van der Waals surface area contributed by atoms with E-state index < -0.39 is 0 Å². The van der Waals surface area contributed by atoms with E-state index in [-0.39, 0.29) is 6.10 Å². The first kappa shape index (κ1) is 13.7. The van der Waals surface area contributed by atoms with Gasteiger partial charge in [-0.15, -0.1) is 0 Å². The molecule has 0 unspecified atom stereocenters. The maximum Gasteiger partial charge on any atom is 0.258 e. The lowest BCUT2D eigenvalue weighted by Gasteiger charge is -2.34. The van der Waals surface area contributed by atoms with Crippen molar-refractivity contribution in [2.45, 2.75) is 18.9 Å². The van der Waals surface area contributed by atoms with Gasteiger partial charge in [0.2, 0.25) is 11.9 Å². The number of nitrogens with zero attached hydrogens (tertiary/aromatic N) is 7. The third-order valence-electron chi connectivity index (χ3n) is 3.54. The molecule has 1 fully saturated rings. The number of aliphatic hydroxyl groups is 1. The average Bonchev–Trinajstić information content (AvgIpc) is 2.99. The summed E-state index contributed by atoms with van der Waals surface area (Å²) in [7, 11) is 3.69. The molecule has 1 aliphatic carbocycles. The quantitative estimate of drug-likeness (QED) is 0.773. The molecule has 0 saturated heterocycles. The molecule has 0 spiro atoms. The summed E-state index contributed by atoms with van der Waals surface area (Å²) < 4.78 is 1.49. The zero-order chi connectivity index (χ0) is 14.8. The van der Waals surface area contributed by atoms with Crippen molar-refractivity contribution >= 4 is 11.9 Å². The number of aliphatic hydroxyl groups excluding tert-OH is 1. The monoisotopic (exact) mass is 290 g/mol. The highest BCUT2D eigenvalue weighted by molar-refractivity contribution is 5.39. The topological polar surface area (TPSA) is 105 Å². The zero-order valence-electron chi connectivity index (χ0n) is 12.0. The Bertz CT molecular complexity index is 595. The van der Waals surface area contributed by atoms with Crippen molar-refractivity contribution in [1.82, 2.24) is 29.7 Å². The molecule has 3 rings (SSSR count). The maximum absolute atomic E-state index is 9.36. The second-order valence-electron chi connectivity index (χ2n) is 5.22. The van der Waals surface area contributed by atoms with E-state index in [0.717, 1.165) is 19.4 Å². The largest absolute Gasteiger partial charge is 0.393 e. The Morgan fingerprint density at radius 2 is 2.19 bits per heavy atom. The minimum atomic E-state index is -0.152. The Morgan fingerprint density at radius 3 is 2.81 bits per heavy atom. The van der Waals surface area contributed by atoms with Crippen molar-refractivity contribution in [1.29, 1.82) is 0 Å². The Labute approximate surface area is 122 Å². The number of anilines is 2. The summed E-state index contributed by atoms with van der Waals surface area (Å²) in [5.74, 6) is 1.95. The van der Waals surface area contributed by atoms with Crippen LogP contribution >= 0.6 is 0 Å². The fourth-order valence-corrected chi connectivity index (χ4v) is 2.37. The molecule has 0 radical (unpaired) electrons. The molecule has 2 N–H and O–H groups in total. The van der Waals surface area contributed by atoms with Crippen LogP contribution in [0.4, 0.5) is 11.9 Å². The molecule has 21 heavy (non-hydrogen) atoms. The van der Waals surface area contributed by atoms with E-state index in [0.29, 0.717) is 23.8 Å². The standard InChI is InChI=1S/C12H18N8O/c1-13-10-16-11(19(2)5-8-3-9(21)4-8)18-12(17-10)20-7-14-6-15-20/h6-9,21H,3-5H2,1-2H3,(H,13,16,17,18). The van der Waals surface area contributed by atoms with Crippen molar-refractivity contribution in [3.8, 4) is 5.95 Å². The Kier molecular flexibility index (Phi) is 3.65. The van der Waals surface area contributed by atoms with E-state index >= 15 is 0 Å². The number of rotatable bonds is 5. The molecule has 1 aliphatic rings. The van der Waals surface area contributed by atoms with Crippen molar-refractivity contribution in [3.05, 3.63) is 12.7 Å². The predicted octanol–water partition coefficient (Wildman–Crippen LogP) is -0.299. The highest BCUT2D eigenvalue weighted by Gasteiger charge is 2.28. The first-order chi connectivity index (χ1) is 10.2. The summed E-state index contributed by atoms with van der Waals surface area (Å²) >= 11 is 0. The van der Waals surface area contributed by atoms with Gasteiger partial charge in [-0.05, 0) is 18.8 Å². The third kappa shape index (κ3) is 2.92. The second-order valence-corrected chi connectivity index (χ2v) is 5.22. The van der Waals surface area contributed by atoms with Crippen LogP contribution in [0.3, 0.4) is 0 Å². The number of nitrogens with one attached hydrogen (secondary N) is 1. The van der Waals surface area contributed by atoms with Crippen molar-refractivity contribution in [2.75, 3.05) is 30.9 Å². The summed E-state index contributed by atoms with van der Waals surface area (Å²) in [5.41, 5.74) is 0. The summed E-state index contributed by atoms with van der Waals surface area (Å²) in [6.07, 6.45) is 4.50. The van der Waals surface area contributed by atoms with E-state index in [2.05, 4.69) is 30.4 Å². The van der Waals surface area contributed by atoms with Gasteiger partial charge >= 0.3 is 0 Å². The van der Waals surface area contributed by atoms with Gasteiger partial charge in [0.15, 0.2) is 0 Å². The van der Waals surface area contributed by atoms with Gasteiger partial charge in [-0.2, -0.15) is 24.7 Å². The first-order valence-corrected chi connectivity index (χ1v) is 6.83. The Hall–Kier alpha value is -2.29. The van der Waals surface area contributed by atoms with Crippen LogP contribution in [0, 0.1) is 5.92 Å². The molecule has 1 saturated carbocycles.